The van der Waals surface area contributed by atoms with Gasteiger partial charge in [0.1, 0.15) is 0 Å². The van der Waals surface area contributed by atoms with Crippen LogP contribution in [0.3, 0.4) is 0 Å². The number of amides is 1. The van der Waals surface area contributed by atoms with E-state index in [1.54, 1.807) is 23.7 Å². The van der Waals surface area contributed by atoms with Gasteiger partial charge in [-0.15, -0.1) is 11.3 Å². The lowest BCUT2D eigenvalue weighted by Crippen LogP contribution is -2.52. The Kier molecular flexibility index (Phi) is 5.52. The molecule has 0 bridgehead atoms. The van der Waals surface area contributed by atoms with E-state index in [1.807, 2.05) is 24.0 Å². The molecule has 0 N–H and O–H groups in total. The number of pyridine rings is 1. The van der Waals surface area contributed by atoms with E-state index < -0.39 is 0 Å². The van der Waals surface area contributed by atoms with Crippen molar-refractivity contribution in [2.45, 2.75) is 26.3 Å². The number of aromatic nitrogens is 2. The molecule has 1 atom stereocenters. The van der Waals surface area contributed by atoms with Crippen LogP contribution < -0.4 is 0 Å². The highest BCUT2D eigenvalue weighted by atomic mass is 32.1. The maximum absolute atomic E-state index is 12.9. The van der Waals surface area contributed by atoms with Crippen LogP contribution in [-0.4, -0.2) is 65.1 Å². The van der Waals surface area contributed by atoms with Crippen LogP contribution in [0.2, 0.25) is 0 Å². The average Bonchev–Trinajstić information content (AvgIpc) is 3.00. The van der Waals surface area contributed by atoms with Gasteiger partial charge in [0.2, 0.25) is 0 Å². The molecule has 0 aromatic carbocycles. The molecule has 27 heavy (non-hydrogen) atoms. The molecule has 1 spiro atoms. The van der Waals surface area contributed by atoms with Crippen LogP contribution in [-0.2, 0) is 11.3 Å². The fraction of sp³-hybridized carbons (Fsp3) is 0.550. The lowest BCUT2D eigenvalue weighted by molar-refractivity contribution is 0.00689. The minimum Gasteiger partial charge on any atom is -0.379 e. The van der Waals surface area contributed by atoms with E-state index in [1.165, 1.54) is 0 Å². The maximum Gasteiger partial charge on any atom is 0.255 e. The highest BCUT2D eigenvalue weighted by Gasteiger charge is 2.40. The van der Waals surface area contributed by atoms with Crippen LogP contribution in [0.1, 0.15) is 33.9 Å². The fourth-order valence-electron chi connectivity index (χ4n) is 4.23. The number of rotatable bonds is 3. The van der Waals surface area contributed by atoms with E-state index in [4.69, 9.17) is 4.74 Å². The summed E-state index contributed by atoms with van der Waals surface area (Å²) in [6, 6.07) is 3.66. The first-order chi connectivity index (χ1) is 13.1. The predicted molar refractivity (Wildman–Crippen MR) is 105 cm³/mol. The van der Waals surface area contributed by atoms with Crippen molar-refractivity contribution in [1.82, 2.24) is 19.8 Å². The summed E-state index contributed by atoms with van der Waals surface area (Å²) in [5.74, 6) is 0.0769. The normalized spacial score (nSPS) is 24.1. The molecular formula is C20H26N4O2S. The van der Waals surface area contributed by atoms with Crippen LogP contribution in [0.4, 0.5) is 0 Å². The monoisotopic (exact) mass is 386 g/mol. The molecule has 1 amide bonds. The molecule has 2 aliphatic heterocycles. The van der Waals surface area contributed by atoms with E-state index in [9.17, 15) is 4.79 Å². The molecule has 7 heteroatoms. The highest BCUT2D eigenvalue weighted by Crippen LogP contribution is 2.34. The summed E-state index contributed by atoms with van der Waals surface area (Å²) < 4.78 is 5.98. The van der Waals surface area contributed by atoms with E-state index in [0.717, 1.165) is 69.5 Å². The Morgan fingerprint density at radius 1 is 1.37 bits per heavy atom. The van der Waals surface area contributed by atoms with Crippen LogP contribution in [0.15, 0.2) is 29.9 Å². The molecule has 2 saturated heterocycles. The number of hydrogen-bond donors (Lipinski definition) is 0. The van der Waals surface area contributed by atoms with Gasteiger partial charge in [-0.3, -0.25) is 14.7 Å². The second kappa shape index (κ2) is 8.04. The van der Waals surface area contributed by atoms with Crippen molar-refractivity contribution in [2.24, 2.45) is 5.41 Å². The number of ether oxygens (including phenoxy) is 1. The number of likely N-dealkylation sites (tertiary alicyclic amines) is 1. The van der Waals surface area contributed by atoms with E-state index >= 15 is 0 Å². The van der Waals surface area contributed by atoms with Crippen LogP contribution in [0.25, 0.3) is 0 Å². The van der Waals surface area contributed by atoms with Gasteiger partial charge in [0, 0.05) is 55.9 Å². The molecule has 1 unspecified atom stereocenters. The number of carbonyl (C=O) groups is 1. The number of piperidine rings is 1. The minimum atomic E-state index is -0.00230. The summed E-state index contributed by atoms with van der Waals surface area (Å²) in [4.78, 5) is 26.1. The fourth-order valence-corrected chi connectivity index (χ4v) is 4.83. The smallest absolute Gasteiger partial charge is 0.255 e. The van der Waals surface area contributed by atoms with Gasteiger partial charge in [0.25, 0.3) is 5.91 Å². The zero-order chi connectivity index (χ0) is 18.7. The number of thiazole rings is 1. The summed E-state index contributed by atoms with van der Waals surface area (Å²) in [6.07, 6.45) is 5.46. The Balaban J connectivity index is 1.47. The second-order valence-corrected chi connectivity index (χ2v) is 8.76. The quantitative estimate of drug-likeness (QED) is 0.812. The van der Waals surface area contributed by atoms with E-state index in [-0.39, 0.29) is 11.3 Å². The Morgan fingerprint density at radius 3 is 3.07 bits per heavy atom. The first-order valence-electron chi connectivity index (χ1n) is 9.54. The van der Waals surface area contributed by atoms with E-state index in [0.29, 0.717) is 5.56 Å². The number of hydrogen-bond acceptors (Lipinski definition) is 6. The topological polar surface area (TPSA) is 58.6 Å². The van der Waals surface area contributed by atoms with Gasteiger partial charge in [0.15, 0.2) is 0 Å². The summed E-state index contributed by atoms with van der Waals surface area (Å²) in [5, 5.41) is 3.25. The molecule has 2 aliphatic rings. The zero-order valence-corrected chi connectivity index (χ0v) is 16.6. The van der Waals surface area contributed by atoms with Gasteiger partial charge in [-0.25, -0.2) is 4.98 Å². The van der Waals surface area contributed by atoms with Gasteiger partial charge >= 0.3 is 0 Å². The first-order valence-corrected chi connectivity index (χ1v) is 10.4. The summed E-state index contributed by atoms with van der Waals surface area (Å²) in [5.41, 5.74) is 1.80. The van der Waals surface area contributed by atoms with Crippen LogP contribution in [0.5, 0.6) is 0 Å². The van der Waals surface area contributed by atoms with Crippen molar-refractivity contribution in [1.29, 1.82) is 0 Å². The lowest BCUT2D eigenvalue weighted by atomic mass is 9.80. The van der Waals surface area contributed by atoms with Gasteiger partial charge in [-0.2, -0.15) is 0 Å². The molecule has 6 nitrogen and oxygen atoms in total. The van der Waals surface area contributed by atoms with Crippen molar-refractivity contribution in [2.75, 3.05) is 39.4 Å². The molecule has 0 aliphatic carbocycles. The molecule has 0 saturated carbocycles. The minimum absolute atomic E-state index is 0.00230. The number of aryl methyl sites for hydroxylation is 1. The Hall–Kier alpha value is -1.83. The largest absolute Gasteiger partial charge is 0.379 e. The van der Waals surface area contributed by atoms with Gasteiger partial charge < -0.3 is 9.64 Å². The summed E-state index contributed by atoms with van der Waals surface area (Å²) in [7, 11) is 0. The lowest BCUT2D eigenvalue weighted by Gasteiger charge is -2.43. The highest BCUT2D eigenvalue weighted by molar-refractivity contribution is 7.09. The van der Waals surface area contributed by atoms with Crippen molar-refractivity contribution in [3.63, 3.8) is 0 Å². The molecule has 144 valence electrons. The number of nitrogens with zero attached hydrogens (tertiary/aromatic N) is 4. The molecule has 2 aromatic heterocycles. The van der Waals surface area contributed by atoms with Gasteiger partial charge in [-0.1, -0.05) is 0 Å². The molecule has 4 rings (SSSR count). The molecule has 2 aromatic rings. The van der Waals surface area contributed by atoms with E-state index in [2.05, 4.69) is 20.2 Å². The SMILES string of the molecule is Cc1nc(CN2CCOCC3(CCCN(C(=O)c4cccnc4)C3)C2)cs1. The van der Waals surface area contributed by atoms with Crippen molar-refractivity contribution in [3.05, 3.63) is 46.2 Å². The first kappa shape index (κ1) is 18.5. The van der Waals surface area contributed by atoms with Crippen LogP contribution >= 0.6 is 11.3 Å². The molecule has 0 radical (unpaired) electrons. The molecular weight excluding hydrogens is 360 g/mol. The van der Waals surface area contributed by atoms with Gasteiger partial charge in [-0.05, 0) is 31.9 Å². The zero-order valence-electron chi connectivity index (χ0n) is 15.8. The van der Waals surface area contributed by atoms with Crippen molar-refractivity contribution < 1.29 is 9.53 Å². The molecule has 4 heterocycles. The van der Waals surface area contributed by atoms with Crippen molar-refractivity contribution >= 4 is 17.2 Å². The van der Waals surface area contributed by atoms with Crippen LogP contribution in [0, 0.1) is 12.3 Å². The summed E-state index contributed by atoms with van der Waals surface area (Å²) >= 11 is 1.70. The van der Waals surface area contributed by atoms with Gasteiger partial charge in [0.05, 0.1) is 29.5 Å². The Morgan fingerprint density at radius 2 is 2.30 bits per heavy atom. The third kappa shape index (κ3) is 4.36. The maximum atomic E-state index is 12.9. The summed E-state index contributed by atoms with van der Waals surface area (Å²) in [6.45, 7) is 7.76. The number of carbonyl (C=O) groups excluding carboxylic acids is 1. The Bertz CT molecular complexity index is 781. The van der Waals surface area contributed by atoms with Crippen molar-refractivity contribution in [3.8, 4) is 0 Å². The average molecular weight is 387 g/mol. The second-order valence-electron chi connectivity index (χ2n) is 7.69. The predicted octanol–water partition coefficient (Wildman–Crippen LogP) is 2.60. The standard InChI is InChI=1S/C20H26N4O2S/c1-16-22-18(12-27-16)11-23-8-9-26-15-20(13-23)5-3-7-24(14-20)19(25)17-4-2-6-21-10-17/h2,4,6,10,12H,3,5,7-9,11,13-15H2,1H3. The third-order valence-electron chi connectivity index (χ3n) is 5.43. The Labute approximate surface area is 164 Å². The third-order valence-corrected chi connectivity index (χ3v) is 6.25. The molecule has 2 fully saturated rings.